The lowest BCUT2D eigenvalue weighted by Gasteiger charge is -2.23. The average molecular weight is 389 g/mol. The lowest BCUT2D eigenvalue weighted by atomic mass is 10.1. The van der Waals surface area contributed by atoms with Gasteiger partial charge in [0.25, 0.3) is 0 Å². The van der Waals surface area contributed by atoms with Crippen LogP contribution in [-0.2, 0) is 9.53 Å². The van der Waals surface area contributed by atoms with Crippen molar-refractivity contribution in [2.45, 2.75) is 66.0 Å². The van der Waals surface area contributed by atoms with Crippen LogP contribution in [-0.4, -0.2) is 23.7 Å². The van der Waals surface area contributed by atoms with Crippen LogP contribution >= 0.6 is 0 Å². The summed E-state index contributed by atoms with van der Waals surface area (Å²) in [7, 11) is 0. The smallest absolute Gasteiger partial charge is 0.408 e. The van der Waals surface area contributed by atoms with Gasteiger partial charge in [0, 0.05) is 6.07 Å². The molecule has 0 aliphatic carbocycles. The van der Waals surface area contributed by atoms with Gasteiger partial charge in [-0.25, -0.2) is 14.4 Å². The third-order valence-corrected chi connectivity index (χ3v) is 3.91. The van der Waals surface area contributed by atoms with Crippen LogP contribution < -0.4 is 15.7 Å². The average Bonchev–Trinajstić information content (AvgIpc) is 2.51. The maximum absolute atomic E-state index is 12.8. The summed E-state index contributed by atoms with van der Waals surface area (Å²) < 4.78 is 16.1. The molecule has 2 rings (SSSR count). The minimum Gasteiger partial charge on any atom is -0.444 e. The topological polar surface area (TPSA) is 94.8 Å². The van der Waals surface area contributed by atoms with E-state index in [9.17, 15) is 14.4 Å². The van der Waals surface area contributed by atoms with Crippen LogP contribution in [0.2, 0.25) is 0 Å². The number of fused-ring (bicyclic) bond motifs is 1. The summed E-state index contributed by atoms with van der Waals surface area (Å²) in [6, 6.07) is 3.90. The number of aryl methyl sites for hydroxylation is 2. The minimum absolute atomic E-state index is 0.286. The van der Waals surface area contributed by atoms with Crippen LogP contribution in [0.15, 0.2) is 27.4 Å². The van der Waals surface area contributed by atoms with Crippen molar-refractivity contribution in [1.82, 2.24) is 5.32 Å². The van der Waals surface area contributed by atoms with Crippen LogP contribution in [0, 0.1) is 13.8 Å². The van der Waals surface area contributed by atoms with Crippen LogP contribution in [0.4, 0.5) is 4.79 Å². The number of rotatable bonds is 5. The van der Waals surface area contributed by atoms with E-state index < -0.39 is 29.3 Å². The van der Waals surface area contributed by atoms with Gasteiger partial charge in [0.15, 0.2) is 0 Å². The van der Waals surface area contributed by atoms with Crippen LogP contribution in [0.5, 0.6) is 5.75 Å². The third kappa shape index (κ3) is 5.58. The third-order valence-electron chi connectivity index (χ3n) is 3.91. The molecule has 0 fully saturated rings. The van der Waals surface area contributed by atoms with E-state index >= 15 is 0 Å². The molecule has 1 aromatic heterocycles. The molecule has 1 aromatic carbocycles. The largest absolute Gasteiger partial charge is 0.444 e. The van der Waals surface area contributed by atoms with Gasteiger partial charge in [0.05, 0.1) is 5.39 Å². The lowest BCUT2D eigenvalue weighted by molar-refractivity contribution is -0.136. The Hall–Kier alpha value is -2.83. The first-order chi connectivity index (χ1) is 13.0. The fourth-order valence-electron chi connectivity index (χ4n) is 2.82. The van der Waals surface area contributed by atoms with Gasteiger partial charge < -0.3 is 19.2 Å². The molecule has 0 saturated heterocycles. The summed E-state index contributed by atoms with van der Waals surface area (Å²) in [6.07, 6.45) is 0.382. The number of esters is 1. The molecule has 1 N–H and O–H groups in total. The number of amides is 1. The highest BCUT2D eigenvalue weighted by Gasteiger charge is 2.26. The molecule has 0 radical (unpaired) electrons. The number of alkyl carbamates (subject to hydrolysis) is 1. The molecule has 7 heteroatoms. The van der Waals surface area contributed by atoms with E-state index in [1.54, 1.807) is 39.8 Å². The second-order valence-corrected chi connectivity index (χ2v) is 7.79. The first-order valence-electron chi connectivity index (χ1n) is 9.26. The maximum atomic E-state index is 12.8. The van der Waals surface area contributed by atoms with E-state index in [-0.39, 0.29) is 5.75 Å². The molecule has 0 bridgehead atoms. The monoisotopic (exact) mass is 389 g/mol. The molecule has 28 heavy (non-hydrogen) atoms. The van der Waals surface area contributed by atoms with Gasteiger partial charge in [-0.3, -0.25) is 0 Å². The van der Waals surface area contributed by atoms with Crippen molar-refractivity contribution in [3.05, 3.63) is 39.7 Å². The minimum atomic E-state index is -0.855. The standard InChI is InChI=1S/C21H27NO6/c1-7-8-14(22-20(25)28-21(4,5)6)19(24)27-16-10-12(2)9-15-18(16)13(3)11-17(23)26-15/h9-11,14H,7-8H2,1-6H3,(H,22,25)/t14-/m0/s1. The highest BCUT2D eigenvalue weighted by Crippen LogP contribution is 2.30. The Bertz CT molecular complexity index is 938. The van der Waals surface area contributed by atoms with Crippen molar-refractivity contribution in [2.75, 3.05) is 0 Å². The number of ether oxygens (including phenoxy) is 2. The zero-order valence-electron chi connectivity index (χ0n) is 17.2. The summed E-state index contributed by atoms with van der Waals surface area (Å²) in [5.74, 6) is -0.321. The van der Waals surface area contributed by atoms with Crippen molar-refractivity contribution in [2.24, 2.45) is 0 Å². The molecule has 0 spiro atoms. The summed E-state index contributed by atoms with van der Waals surface area (Å²) in [4.78, 5) is 36.5. The fourth-order valence-corrected chi connectivity index (χ4v) is 2.82. The van der Waals surface area contributed by atoms with Gasteiger partial charge in [-0.05, 0) is 64.3 Å². The van der Waals surface area contributed by atoms with E-state index in [2.05, 4.69) is 5.32 Å². The Balaban J connectivity index is 2.30. The summed E-state index contributed by atoms with van der Waals surface area (Å²) >= 11 is 0. The Kier molecular flexibility index (Phi) is 6.48. The molecule has 0 aliphatic heterocycles. The number of carbonyl (C=O) groups is 2. The van der Waals surface area contributed by atoms with E-state index in [4.69, 9.17) is 13.9 Å². The second kappa shape index (κ2) is 8.46. The van der Waals surface area contributed by atoms with Crippen LogP contribution in [0.3, 0.4) is 0 Å². The van der Waals surface area contributed by atoms with Crippen LogP contribution in [0.25, 0.3) is 11.0 Å². The first-order valence-corrected chi connectivity index (χ1v) is 9.26. The van der Waals surface area contributed by atoms with E-state index in [1.165, 1.54) is 6.07 Å². The SMILES string of the molecule is CCC[C@H](NC(=O)OC(C)(C)C)C(=O)Oc1cc(C)cc2oc(=O)cc(C)c12. The predicted octanol–water partition coefficient (Wildman–Crippen LogP) is 4.01. The van der Waals surface area contributed by atoms with Crippen molar-refractivity contribution in [3.63, 3.8) is 0 Å². The molecule has 7 nitrogen and oxygen atoms in total. The molecular weight excluding hydrogens is 362 g/mol. The molecule has 152 valence electrons. The summed E-state index contributed by atoms with van der Waals surface area (Å²) in [5.41, 5.74) is 0.618. The summed E-state index contributed by atoms with van der Waals surface area (Å²) in [6.45, 7) is 10.7. The quantitative estimate of drug-likeness (QED) is 0.472. The number of carbonyl (C=O) groups excluding carboxylic acids is 2. The molecule has 1 atom stereocenters. The molecule has 0 unspecified atom stereocenters. The molecule has 2 aromatic rings. The maximum Gasteiger partial charge on any atom is 0.408 e. The van der Waals surface area contributed by atoms with E-state index in [0.717, 1.165) is 5.56 Å². The van der Waals surface area contributed by atoms with Gasteiger partial charge in [-0.1, -0.05) is 13.3 Å². The molecule has 0 saturated carbocycles. The second-order valence-electron chi connectivity index (χ2n) is 7.79. The molecule has 0 aliphatic rings. The molecule has 1 amide bonds. The highest BCUT2D eigenvalue weighted by atomic mass is 16.6. The predicted molar refractivity (Wildman–Crippen MR) is 106 cm³/mol. The normalized spacial score (nSPS) is 12.5. The highest BCUT2D eigenvalue weighted by molar-refractivity contribution is 5.91. The lowest BCUT2D eigenvalue weighted by Crippen LogP contribution is -2.45. The van der Waals surface area contributed by atoms with Crippen molar-refractivity contribution >= 4 is 23.0 Å². The van der Waals surface area contributed by atoms with E-state index in [0.29, 0.717) is 29.4 Å². The van der Waals surface area contributed by atoms with Gasteiger partial charge in [0.2, 0.25) is 0 Å². The number of nitrogens with one attached hydrogen (secondary N) is 1. The van der Waals surface area contributed by atoms with Gasteiger partial charge in [-0.15, -0.1) is 0 Å². The van der Waals surface area contributed by atoms with Crippen molar-refractivity contribution in [1.29, 1.82) is 0 Å². The number of hydrogen-bond acceptors (Lipinski definition) is 6. The Morgan fingerprint density at radius 2 is 1.86 bits per heavy atom. The molecular formula is C21H27NO6. The van der Waals surface area contributed by atoms with Crippen molar-refractivity contribution < 1.29 is 23.5 Å². The summed E-state index contributed by atoms with van der Waals surface area (Å²) in [5, 5.41) is 3.12. The Labute approximate surface area is 164 Å². The van der Waals surface area contributed by atoms with Crippen LogP contribution in [0.1, 0.15) is 51.7 Å². The van der Waals surface area contributed by atoms with Crippen molar-refractivity contribution in [3.8, 4) is 5.75 Å². The number of benzene rings is 1. The zero-order chi connectivity index (χ0) is 21.1. The Morgan fingerprint density at radius 3 is 2.46 bits per heavy atom. The van der Waals surface area contributed by atoms with Gasteiger partial charge >= 0.3 is 17.7 Å². The van der Waals surface area contributed by atoms with E-state index in [1.807, 2.05) is 13.8 Å². The Morgan fingerprint density at radius 1 is 1.18 bits per heavy atom. The number of hydrogen-bond donors (Lipinski definition) is 1. The molecule has 1 heterocycles. The zero-order valence-corrected chi connectivity index (χ0v) is 17.2. The van der Waals surface area contributed by atoms with Gasteiger partial charge in [0.1, 0.15) is 23.0 Å². The fraction of sp³-hybridized carbons (Fsp3) is 0.476. The first kappa shape index (κ1) is 21.5. The van der Waals surface area contributed by atoms with Gasteiger partial charge in [-0.2, -0.15) is 0 Å².